The molecule has 0 saturated heterocycles. The van der Waals surface area contributed by atoms with Crippen LogP contribution in [0.4, 0.5) is 0 Å². The average Bonchev–Trinajstić information content (AvgIpc) is 2.18. The fraction of sp³-hybridized carbons (Fsp3) is 0.455. The minimum Gasteiger partial charge on any atom is -0.496 e. The number of benzene rings is 1. The lowest BCUT2D eigenvalue weighted by Crippen LogP contribution is -1.99. The number of nitrogens with two attached hydrogens (primary N) is 1. The molecular weight excluding hydrogens is 194 g/mol. The highest BCUT2D eigenvalue weighted by atomic mass is 32.2. The van der Waals surface area contributed by atoms with Crippen LogP contribution in [-0.2, 0) is 0 Å². The average molecular weight is 211 g/mol. The molecule has 0 unspecified atom stereocenters. The van der Waals surface area contributed by atoms with Gasteiger partial charge >= 0.3 is 0 Å². The van der Waals surface area contributed by atoms with Crippen molar-refractivity contribution in [2.45, 2.75) is 18.2 Å². The number of hydrogen-bond acceptors (Lipinski definition) is 3. The van der Waals surface area contributed by atoms with Crippen LogP contribution < -0.4 is 10.5 Å². The van der Waals surface area contributed by atoms with Gasteiger partial charge in [0.25, 0.3) is 0 Å². The van der Waals surface area contributed by atoms with Gasteiger partial charge in [0.05, 0.1) is 7.11 Å². The summed E-state index contributed by atoms with van der Waals surface area (Å²) in [5.41, 5.74) is 6.62. The molecule has 0 heterocycles. The summed E-state index contributed by atoms with van der Waals surface area (Å²) in [6.07, 6.45) is 1.07. The Morgan fingerprint density at radius 2 is 2.21 bits per heavy atom. The molecule has 0 fully saturated rings. The summed E-state index contributed by atoms with van der Waals surface area (Å²) in [6.45, 7) is 2.83. The zero-order valence-electron chi connectivity index (χ0n) is 8.75. The van der Waals surface area contributed by atoms with Gasteiger partial charge in [-0.05, 0) is 49.4 Å². The highest BCUT2D eigenvalue weighted by Gasteiger charge is 1.99. The molecule has 0 aliphatic rings. The van der Waals surface area contributed by atoms with Crippen LogP contribution in [0.1, 0.15) is 12.0 Å². The van der Waals surface area contributed by atoms with Gasteiger partial charge in [0.15, 0.2) is 0 Å². The van der Waals surface area contributed by atoms with E-state index in [0.717, 1.165) is 24.5 Å². The van der Waals surface area contributed by atoms with Crippen molar-refractivity contribution < 1.29 is 4.74 Å². The van der Waals surface area contributed by atoms with Crippen LogP contribution in [0.3, 0.4) is 0 Å². The highest BCUT2D eigenvalue weighted by Crippen LogP contribution is 2.25. The molecule has 2 N–H and O–H groups in total. The highest BCUT2D eigenvalue weighted by molar-refractivity contribution is 7.99. The zero-order valence-corrected chi connectivity index (χ0v) is 9.56. The molecule has 14 heavy (non-hydrogen) atoms. The van der Waals surface area contributed by atoms with Gasteiger partial charge in [-0.15, -0.1) is 11.8 Å². The summed E-state index contributed by atoms with van der Waals surface area (Å²) in [7, 11) is 1.70. The molecule has 78 valence electrons. The van der Waals surface area contributed by atoms with E-state index in [2.05, 4.69) is 19.1 Å². The van der Waals surface area contributed by atoms with Gasteiger partial charge in [-0.2, -0.15) is 0 Å². The lowest BCUT2D eigenvalue weighted by molar-refractivity contribution is 0.411. The van der Waals surface area contributed by atoms with Crippen molar-refractivity contribution in [2.24, 2.45) is 5.73 Å². The number of hydrogen-bond donors (Lipinski definition) is 1. The lowest BCUT2D eigenvalue weighted by atomic mass is 10.2. The van der Waals surface area contributed by atoms with Gasteiger partial charge in [0.1, 0.15) is 5.75 Å². The number of methoxy groups -OCH3 is 1. The Balaban J connectivity index is 2.57. The Morgan fingerprint density at radius 1 is 1.43 bits per heavy atom. The normalized spacial score (nSPS) is 10.2. The van der Waals surface area contributed by atoms with Gasteiger partial charge in [-0.25, -0.2) is 0 Å². The van der Waals surface area contributed by atoms with Crippen LogP contribution in [0.15, 0.2) is 23.1 Å². The fourth-order valence-electron chi connectivity index (χ4n) is 1.21. The van der Waals surface area contributed by atoms with Crippen molar-refractivity contribution in [1.82, 2.24) is 0 Å². The van der Waals surface area contributed by atoms with Crippen molar-refractivity contribution >= 4 is 11.8 Å². The maximum atomic E-state index is 5.43. The van der Waals surface area contributed by atoms with Crippen molar-refractivity contribution in [3.63, 3.8) is 0 Å². The van der Waals surface area contributed by atoms with Crippen molar-refractivity contribution in [1.29, 1.82) is 0 Å². The van der Waals surface area contributed by atoms with Crippen LogP contribution in [0, 0.1) is 6.92 Å². The second-order valence-electron chi connectivity index (χ2n) is 3.12. The van der Waals surface area contributed by atoms with E-state index in [0.29, 0.717) is 0 Å². The molecule has 1 aromatic rings. The third-order valence-corrected chi connectivity index (χ3v) is 3.06. The number of rotatable bonds is 5. The van der Waals surface area contributed by atoms with Crippen LogP contribution in [0.2, 0.25) is 0 Å². The molecule has 0 aliphatic carbocycles. The van der Waals surface area contributed by atoms with Gasteiger partial charge in [0.2, 0.25) is 0 Å². The summed E-state index contributed by atoms with van der Waals surface area (Å²) in [4.78, 5) is 1.29. The number of thioether (sulfide) groups is 1. The largest absolute Gasteiger partial charge is 0.496 e. The van der Waals surface area contributed by atoms with Crippen LogP contribution in [0.25, 0.3) is 0 Å². The van der Waals surface area contributed by atoms with Crippen molar-refractivity contribution in [3.05, 3.63) is 23.8 Å². The Labute approximate surface area is 89.8 Å². The zero-order chi connectivity index (χ0) is 10.4. The van der Waals surface area contributed by atoms with Crippen molar-refractivity contribution in [2.75, 3.05) is 19.4 Å². The molecule has 1 aromatic carbocycles. The van der Waals surface area contributed by atoms with E-state index in [1.165, 1.54) is 10.5 Å². The first kappa shape index (κ1) is 11.4. The Hall–Kier alpha value is -0.670. The molecule has 2 nitrogen and oxygen atoms in total. The molecule has 0 saturated carbocycles. The predicted molar refractivity (Wildman–Crippen MR) is 62.1 cm³/mol. The predicted octanol–water partition coefficient (Wildman–Crippen LogP) is 2.44. The lowest BCUT2D eigenvalue weighted by Gasteiger charge is -2.06. The van der Waals surface area contributed by atoms with E-state index in [9.17, 15) is 0 Å². The summed E-state index contributed by atoms with van der Waals surface area (Å²) in [5.74, 6) is 2.04. The molecule has 0 spiro atoms. The maximum Gasteiger partial charge on any atom is 0.121 e. The van der Waals surface area contributed by atoms with E-state index in [4.69, 9.17) is 10.5 Å². The molecule has 1 rings (SSSR count). The SMILES string of the molecule is COc1ccc(SCCCN)cc1C. The first-order chi connectivity index (χ1) is 6.77. The third kappa shape index (κ3) is 3.24. The van der Waals surface area contributed by atoms with E-state index >= 15 is 0 Å². The molecule has 0 radical (unpaired) electrons. The smallest absolute Gasteiger partial charge is 0.121 e. The summed E-state index contributed by atoms with van der Waals surface area (Å²) < 4.78 is 5.20. The molecule has 0 amide bonds. The van der Waals surface area contributed by atoms with E-state index in [-0.39, 0.29) is 0 Å². The van der Waals surface area contributed by atoms with Crippen molar-refractivity contribution in [3.8, 4) is 5.75 Å². The summed E-state index contributed by atoms with van der Waals surface area (Å²) in [6, 6.07) is 6.26. The van der Waals surface area contributed by atoms with Crippen LogP contribution in [0.5, 0.6) is 5.75 Å². The third-order valence-electron chi connectivity index (χ3n) is 1.98. The topological polar surface area (TPSA) is 35.2 Å². The fourth-order valence-corrected chi connectivity index (χ4v) is 2.19. The van der Waals surface area contributed by atoms with Crippen LogP contribution >= 0.6 is 11.8 Å². The quantitative estimate of drug-likeness (QED) is 0.600. The van der Waals surface area contributed by atoms with Gasteiger partial charge < -0.3 is 10.5 Å². The van der Waals surface area contributed by atoms with Crippen LogP contribution in [-0.4, -0.2) is 19.4 Å². The van der Waals surface area contributed by atoms with Gasteiger partial charge in [-0.3, -0.25) is 0 Å². The molecule has 0 bridgehead atoms. The van der Waals surface area contributed by atoms with Gasteiger partial charge in [-0.1, -0.05) is 0 Å². The first-order valence-electron chi connectivity index (χ1n) is 4.75. The minimum absolute atomic E-state index is 0.766. The molecule has 0 aliphatic heterocycles. The monoisotopic (exact) mass is 211 g/mol. The Morgan fingerprint density at radius 3 is 2.79 bits per heavy atom. The standard InChI is InChI=1S/C11H17NOS/c1-9-8-10(14-7-3-6-12)4-5-11(9)13-2/h4-5,8H,3,6-7,12H2,1-2H3. The Kier molecular flexibility index (Phi) is 4.84. The number of ether oxygens (including phenoxy) is 1. The van der Waals surface area contributed by atoms with E-state index in [1.807, 2.05) is 17.8 Å². The van der Waals surface area contributed by atoms with E-state index < -0.39 is 0 Å². The molecular formula is C11H17NOS. The second-order valence-corrected chi connectivity index (χ2v) is 4.29. The summed E-state index contributed by atoms with van der Waals surface area (Å²) in [5, 5.41) is 0. The Bertz CT molecular complexity index is 289. The maximum absolute atomic E-state index is 5.43. The first-order valence-corrected chi connectivity index (χ1v) is 5.74. The van der Waals surface area contributed by atoms with Gasteiger partial charge in [0, 0.05) is 4.90 Å². The van der Waals surface area contributed by atoms with E-state index in [1.54, 1.807) is 7.11 Å². The summed E-state index contributed by atoms with van der Waals surface area (Å²) >= 11 is 1.84. The minimum atomic E-state index is 0.766. The number of aryl methyl sites for hydroxylation is 1. The molecule has 0 aromatic heterocycles. The second kappa shape index (κ2) is 5.94. The molecule has 0 atom stereocenters. The molecule has 3 heteroatoms.